The molecule has 1 heterocycles. The molecule has 0 bridgehead atoms. The summed E-state index contributed by atoms with van der Waals surface area (Å²) in [6.45, 7) is 3.16. The largest absolute Gasteiger partial charge is 0.289 e. The molecule has 0 aromatic carbocycles. The van der Waals surface area contributed by atoms with Crippen molar-refractivity contribution >= 4 is 21.6 Å². The predicted molar refractivity (Wildman–Crippen MR) is 71.2 cm³/mol. The second-order valence-corrected chi connectivity index (χ2v) is 5.04. The minimum absolute atomic E-state index is 0.956. The van der Waals surface area contributed by atoms with Gasteiger partial charge >= 0.3 is 0 Å². The fourth-order valence-corrected chi connectivity index (χ4v) is 2.60. The van der Waals surface area contributed by atoms with Crippen molar-refractivity contribution in [2.24, 2.45) is 4.99 Å². The van der Waals surface area contributed by atoms with Gasteiger partial charge in [-0.05, 0) is 47.2 Å². The summed E-state index contributed by atoms with van der Waals surface area (Å²) < 4.78 is 1.13. The van der Waals surface area contributed by atoms with Gasteiger partial charge in [0.15, 0.2) is 0 Å². The third-order valence-corrected chi connectivity index (χ3v) is 3.65. The first kappa shape index (κ1) is 11.8. The molecule has 0 fully saturated rings. The van der Waals surface area contributed by atoms with Crippen molar-refractivity contribution in [2.75, 3.05) is 6.54 Å². The third kappa shape index (κ3) is 2.51. The molecule has 0 N–H and O–H groups in total. The molecule has 0 saturated heterocycles. The average Bonchev–Trinajstić information content (AvgIpc) is 2.31. The van der Waals surface area contributed by atoms with Crippen molar-refractivity contribution in [1.29, 1.82) is 0 Å². The average molecular weight is 281 g/mol. The van der Waals surface area contributed by atoms with Gasteiger partial charge in [0.2, 0.25) is 0 Å². The summed E-state index contributed by atoms with van der Waals surface area (Å²) in [6, 6.07) is 0. The highest BCUT2D eigenvalue weighted by Gasteiger charge is 2.17. The Balaban J connectivity index is 2.26. The Morgan fingerprint density at radius 2 is 2.25 bits per heavy atom. The molecule has 0 radical (unpaired) electrons. The number of hydrogen-bond donors (Lipinski definition) is 0. The monoisotopic (exact) mass is 280 g/mol. The zero-order valence-corrected chi connectivity index (χ0v) is 11.3. The molecule has 1 aromatic heterocycles. The summed E-state index contributed by atoms with van der Waals surface area (Å²) in [5, 5.41) is 0. The molecule has 0 saturated carbocycles. The number of aromatic nitrogens is 1. The van der Waals surface area contributed by atoms with Crippen molar-refractivity contribution in [2.45, 2.75) is 39.0 Å². The maximum atomic E-state index is 4.71. The highest BCUT2D eigenvalue weighted by Crippen LogP contribution is 2.27. The predicted octanol–water partition coefficient (Wildman–Crippen LogP) is 3.77. The fraction of sp³-hybridized carbons (Fsp3) is 0.538. The molecule has 0 amide bonds. The maximum absolute atomic E-state index is 4.71. The van der Waals surface area contributed by atoms with Gasteiger partial charge in [0.25, 0.3) is 0 Å². The van der Waals surface area contributed by atoms with Crippen molar-refractivity contribution < 1.29 is 0 Å². The van der Waals surface area contributed by atoms with Crippen LogP contribution in [-0.2, 0) is 6.42 Å². The van der Waals surface area contributed by atoms with Crippen LogP contribution in [0.15, 0.2) is 21.9 Å². The first-order valence-electron chi connectivity index (χ1n) is 5.99. The number of hydrogen-bond acceptors (Lipinski definition) is 2. The maximum Gasteiger partial charge on any atom is 0.0439 e. The number of pyridine rings is 1. The molecule has 2 rings (SSSR count). The van der Waals surface area contributed by atoms with E-state index in [0.717, 1.165) is 23.9 Å². The van der Waals surface area contributed by atoms with Crippen LogP contribution in [0.4, 0.5) is 0 Å². The number of aliphatic imine (C=N–C) groups is 1. The summed E-state index contributed by atoms with van der Waals surface area (Å²) in [4.78, 5) is 8.96. The Bertz CT molecular complexity index is 399. The zero-order chi connectivity index (χ0) is 11.4. The first-order valence-corrected chi connectivity index (χ1v) is 6.78. The van der Waals surface area contributed by atoms with Crippen molar-refractivity contribution in [1.82, 2.24) is 4.98 Å². The minimum atomic E-state index is 0.956. The van der Waals surface area contributed by atoms with Crippen molar-refractivity contribution in [3.05, 3.63) is 28.0 Å². The van der Waals surface area contributed by atoms with Crippen molar-refractivity contribution in [3.63, 3.8) is 0 Å². The summed E-state index contributed by atoms with van der Waals surface area (Å²) in [5.41, 5.74) is 3.90. The number of unbranched alkanes of at least 4 members (excludes halogenated alkanes) is 1. The number of halogens is 1. The summed E-state index contributed by atoms with van der Waals surface area (Å²) in [7, 11) is 0. The quantitative estimate of drug-likeness (QED) is 0.774. The lowest BCUT2D eigenvalue weighted by atomic mass is 9.91. The van der Waals surface area contributed by atoms with E-state index in [-0.39, 0.29) is 0 Å². The van der Waals surface area contributed by atoms with Gasteiger partial charge in [0.05, 0.1) is 0 Å². The molecule has 0 unspecified atom stereocenters. The zero-order valence-electron chi connectivity index (χ0n) is 9.67. The molecular weight excluding hydrogens is 264 g/mol. The normalized spacial score (nSPS) is 17.5. The molecule has 0 aliphatic heterocycles. The Morgan fingerprint density at radius 3 is 3.06 bits per heavy atom. The number of nitrogens with zero attached hydrogens (tertiary/aromatic N) is 2. The lowest BCUT2D eigenvalue weighted by Crippen LogP contribution is -2.13. The van der Waals surface area contributed by atoms with E-state index in [9.17, 15) is 0 Å². The van der Waals surface area contributed by atoms with E-state index in [4.69, 9.17) is 4.99 Å². The Kier molecular flexibility index (Phi) is 4.10. The molecule has 16 heavy (non-hydrogen) atoms. The van der Waals surface area contributed by atoms with Crippen molar-refractivity contribution in [3.8, 4) is 0 Å². The number of fused-ring (bicyclic) bond motifs is 1. The van der Waals surface area contributed by atoms with Crippen LogP contribution in [0.3, 0.4) is 0 Å². The molecule has 1 aromatic rings. The number of rotatable bonds is 3. The Morgan fingerprint density at radius 1 is 1.38 bits per heavy atom. The van der Waals surface area contributed by atoms with E-state index in [2.05, 4.69) is 27.8 Å². The van der Waals surface area contributed by atoms with Gasteiger partial charge in [-0.25, -0.2) is 0 Å². The van der Waals surface area contributed by atoms with Gasteiger partial charge < -0.3 is 0 Å². The smallest absolute Gasteiger partial charge is 0.0439 e. The van der Waals surface area contributed by atoms with Crippen LogP contribution >= 0.6 is 15.9 Å². The van der Waals surface area contributed by atoms with Crippen LogP contribution in [0, 0.1) is 0 Å². The highest BCUT2D eigenvalue weighted by atomic mass is 79.9. The Hall–Kier alpha value is -0.700. The first-order chi connectivity index (χ1) is 7.83. The van der Waals surface area contributed by atoms with E-state index in [1.165, 1.54) is 36.1 Å². The summed E-state index contributed by atoms with van der Waals surface area (Å²) >= 11 is 3.57. The van der Waals surface area contributed by atoms with Gasteiger partial charge in [0, 0.05) is 34.7 Å². The fourth-order valence-electron chi connectivity index (χ4n) is 2.07. The molecule has 3 heteroatoms. The van der Waals surface area contributed by atoms with Crippen LogP contribution in [0.25, 0.3) is 0 Å². The van der Waals surface area contributed by atoms with E-state index >= 15 is 0 Å². The van der Waals surface area contributed by atoms with Crippen LogP contribution in [0.2, 0.25) is 0 Å². The molecule has 0 atom stereocenters. The molecular formula is C13H17BrN2. The summed E-state index contributed by atoms with van der Waals surface area (Å²) in [5.74, 6) is 0. The van der Waals surface area contributed by atoms with Gasteiger partial charge in [-0.15, -0.1) is 0 Å². The molecule has 86 valence electrons. The molecule has 2 nitrogen and oxygen atoms in total. The molecule has 1 aliphatic rings. The lowest BCUT2D eigenvalue weighted by molar-refractivity contribution is 0.787. The SMILES string of the molecule is CCCCN=C1CCCc2c(Br)cncc21. The van der Waals surface area contributed by atoms with Gasteiger partial charge in [-0.2, -0.15) is 0 Å². The lowest BCUT2D eigenvalue weighted by Gasteiger charge is -2.18. The minimum Gasteiger partial charge on any atom is -0.289 e. The molecule has 0 spiro atoms. The summed E-state index contributed by atoms with van der Waals surface area (Å²) in [6.07, 6.45) is 9.69. The highest BCUT2D eigenvalue weighted by molar-refractivity contribution is 9.10. The van der Waals surface area contributed by atoms with E-state index in [0.29, 0.717) is 0 Å². The second kappa shape index (κ2) is 5.58. The van der Waals surface area contributed by atoms with E-state index in [1.807, 2.05) is 12.4 Å². The topological polar surface area (TPSA) is 25.2 Å². The third-order valence-electron chi connectivity index (χ3n) is 2.97. The Labute approximate surface area is 105 Å². The second-order valence-electron chi connectivity index (χ2n) is 4.18. The van der Waals surface area contributed by atoms with Crippen LogP contribution < -0.4 is 0 Å². The van der Waals surface area contributed by atoms with Gasteiger partial charge in [-0.1, -0.05) is 13.3 Å². The molecule has 1 aliphatic carbocycles. The van der Waals surface area contributed by atoms with Crippen LogP contribution in [0.5, 0.6) is 0 Å². The van der Waals surface area contributed by atoms with Gasteiger partial charge in [-0.3, -0.25) is 9.98 Å². The van der Waals surface area contributed by atoms with E-state index in [1.54, 1.807) is 0 Å². The standard InChI is InChI=1S/C13H17BrN2/c1-2-3-7-16-13-6-4-5-10-11(13)8-15-9-12(10)14/h8-9H,2-7H2,1H3. The van der Waals surface area contributed by atoms with Crippen LogP contribution in [-0.4, -0.2) is 17.2 Å². The van der Waals surface area contributed by atoms with E-state index < -0.39 is 0 Å². The van der Waals surface area contributed by atoms with Crippen LogP contribution in [0.1, 0.15) is 43.7 Å². The van der Waals surface area contributed by atoms with Gasteiger partial charge in [0.1, 0.15) is 0 Å².